The van der Waals surface area contributed by atoms with Gasteiger partial charge in [0.25, 0.3) is 0 Å². The molecule has 1 aliphatic rings. The highest BCUT2D eigenvalue weighted by Gasteiger charge is 2.30. The van der Waals surface area contributed by atoms with Crippen molar-refractivity contribution < 1.29 is 9.84 Å². The average Bonchev–Trinajstić information content (AvgIpc) is 2.55. The van der Waals surface area contributed by atoms with Crippen LogP contribution in [0.15, 0.2) is 30.3 Å². The van der Waals surface area contributed by atoms with Gasteiger partial charge in [0.05, 0.1) is 11.6 Å². The highest BCUT2D eigenvalue weighted by atomic mass is 16.5. The molecule has 1 aliphatic carbocycles. The Morgan fingerprint density at radius 1 is 1.08 bits per heavy atom. The van der Waals surface area contributed by atoms with E-state index in [1.165, 1.54) is 12.8 Å². The van der Waals surface area contributed by atoms with Gasteiger partial charge in [-0.05, 0) is 61.3 Å². The fourth-order valence-corrected chi connectivity index (χ4v) is 3.71. The van der Waals surface area contributed by atoms with Gasteiger partial charge in [-0.25, -0.2) is 0 Å². The van der Waals surface area contributed by atoms with E-state index < -0.39 is 0 Å². The Hall–Kier alpha value is -1.61. The lowest BCUT2D eigenvalue weighted by Crippen LogP contribution is -2.30. The largest absolute Gasteiger partial charge is 0.490 e. The van der Waals surface area contributed by atoms with Crippen molar-refractivity contribution in [3.8, 4) is 5.75 Å². The molecule has 0 saturated heterocycles. The lowest BCUT2D eigenvalue weighted by molar-refractivity contribution is 0.0883. The van der Waals surface area contributed by atoms with E-state index in [1.54, 1.807) is 0 Å². The van der Waals surface area contributed by atoms with Crippen molar-refractivity contribution in [2.75, 3.05) is 6.61 Å². The van der Waals surface area contributed by atoms with E-state index in [2.05, 4.69) is 37.9 Å². The van der Waals surface area contributed by atoms with Gasteiger partial charge in [-0.2, -0.15) is 0 Å². The molecule has 3 rings (SSSR count). The first-order valence-electron chi connectivity index (χ1n) is 9.13. The van der Waals surface area contributed by atoms with Crippen LogP contribution in [0, 0.1) is 11.3 Å². The molecule has 3 heteroatoms. The van der Waals surface area contributed by atoms with Crippen LogP contribution >= 0.6 is 0 Å². The molecule has 3 nitrogen and oxygen atoms in total. The van der Waals surface area contributed by atoms with Crippen molar-refractivity contribution in [2.24, 2.45) is 11.3 Å². The van der Waals surface area contributed by atoms with Gasteiger partial charge in [0.1, 0.15) is 5.75 Å². The van der Waals surface area contributed by atoms with E-state index in [9.17, 15) is 0 Å². The van der Waals surface area contributed by atoms with E-state index in [1.807, 2.05) is 18.2 Å². The first-order chi connectivity index (χ1) is 11.5. The molecule has 2 aromatic rings. The number of rotatable bonds is 4. The van der Waals surface area contributed by atoms with Crippen LogP contribution in [-0.4, -0.2) is 22.8 Å². The van der Waals surface area contributed by atoms with E-state index in [4.69, 9.17) is 9.84 Å². The van der Waals surface area contributed by atoms with Gasteiger partial charge >= 0.3 is 0 Å². The van der Waals surface area contributed by atoms with Gasteiger partial charge in [0, 0.05) is 24.1 Å². The highest BCUT2D eigenvalue weighted by molar-refractivity contribution is 5.80. The van der Waals surface area contributed by atoms with Crippen LogP contribution in [0.2, 0.25) is 0 Å². The van der Waals surface area contributed by atoms with Crippen LogP contribution in [0.3, 0.4) is 0 Å². The molecule has 0 unspecified atom stereocenters. The quantitative estimate of drug-likeness (QED) is 0.881. The SMILES string of the molecule is CC(C)(C)C1CCC(Oc2ccc3nc(CCO)ccc3c2)CC1. The Kier molecular flexibility index (Phi) is 5.09. The van der Waals surface area contributed by atoms with Gasteiger partial charge in [0.2, 0.25) is 0 Å². The van der Waals surface area contributed by atoms with Gasteiger partial charge in [-0.1, -0.05) is 26.8 Å². The summed E-state index contributed by atoms with van der Waals surface area (Å²) in [6.07, 6.45) is 5.75. The van der Waals surface area contributed by atoms with Gasteiger partial charge in [-0.15, -0.1) is 0 Å². The van der Waals surface area contributed by atoms with Crippen LogP contribution in [0.5, 0.6) is 5.75 Å². The molecule has 0 spiro atoms. The van der Waals surface area contributed by atoms with E-state index in [-0.39, 0.29) is 6.61 Å². The number of pyridine rings is 1. The standard InChI is InChI=1S/C21H29NO2/c1-21(2,3)16-5-8-18(9-6-16)24-19-10-11-20-15(14-19)4-7-17(22-20)12-13-23/h4,7,10-11,14,16,18,23H,5-6,8-9,12-13H2,1-3H3. The predicted molar refractivity (Wildman–Crippen MR) is 98.4 cm³/mol. The number of nitrogens with zero attached hydrogens (tertiary/aromatic N) is 1. The molecule has 1 saturated carbocycles. The fourth-order valence-electron chi connectivity index (χ4n) is 3.71. The maximum Gasteiger partial charge on any atom is 0.120 e. The molecule has 1 N–H and O–H groups in total. The number of aromatic nitrogens is 1. The maximum atomic E-state index is 9.03. The molecule has 1 aromatic heterocycles. The monoisotopic (exact) mass is 327 g/mol. The Morgan fingerprint density at radius 3 is 2.50 bits per heavy atom. The minimum atomic E-state index is 0.136. The third-order valence-electron chi connectivity index (χ3n) is 5.29. The summed E-state index contributed by atoms with van der Waals surface area (Å²) in [7, 11) is 0. The fraction of sp³-hybridized carbons (Fsp3) is 0.571. The smallest absolute Gasteiger partial charge is 0.120 e. The summed E-state index contributed by atoms with van der Waals surface area (Å²) in [5.41, 5.74) is 2.30. The van der Waals surface area contributed by atoms with E-state index >= 15 is 0 Å². The second-order valence-corrected chi connectivity index (χ2v) is 8.09. The Balaban J connectivity index is 1.65. The molecule has 24 heavy (non-hydrogen) atoms. The second-order valence-electron chi connectivity index (χ2n) is 8.09. The van der Waals surface area contributed by atoms with Crippen molar-refractivity contribution in [2.45, 2.75) is 59.0 Å². The molecule has 0 radical (unpaired) electrons. The van der Waals surface area contributed by atoms with Crippen LogP contribution < -0.4 is 4.74 Å². The Bertz CT molecular complexity index is 682. The molecular formula is C21H29NO2. The summed E-state index contributed by atoms with van der Waals surface area (Å²) >= 11 is 0. The zero-order chi connectivity index (χ0) is 17.2. The molecule has 1 heterocycles. The number of fused-ring (bicyclic) bond motifs is 1. The molecule has 1 fully saturated rings. The number of aliphatic hydroxyl groups is 1. The average molecular weight is 327 g/mol. The third-order valence-corrected chi connectivity index (χ3v) is 5.29. The Morgan fingerprint density at radius 2 is 1.83 bits per heavy atom. The summed E-state index contributed by atoms with van der Waals surface area (Å²) in [4.78, 5) is 4.57. The number of hydrogen-bond donors (Lipinski definition) is 1. The van der Waals surface area contributed by atoms with Crippen molar-refractivity contribution >= 4 is 10.9 Å². The second kappa shape index (κ2) is 7.10. The number of aliphatic hydroxyl groups excluding tert-OH is 1. The zero-order valence-corrected chi connectivity index (χ0v) is 15.1. The zero-order valence-electron chi connectivity index (χ0n) is 15.1. The first-order valence-corrected chi connectivity index (χ1v) is 9.13. The highest BCUT2D eigenvalue weighted by Crippen LogP contribution is 2.38. The van der Waals surface area contributed by atoms with Gasteiger partial charge in [-0.3, -0.25) is 4.98 Å². The van der Waals surface area contributed by atoms with Crippen molar-refractivity contribution in [1.82, 2.24) is 4.98 Å². The first kappa shape index (κ1) is 17.2. The number of benzene rings is 1. The molecule has 0 atom stereocenters. The van der Waals surface area contributed by atoms with Gasteiger partial charge < -0.3 is 9.84 Å². The molecule has 0 aliphatic heterocycles. The normalized spacial score (nSPS) is 21.8. The minimum Gasteiger partial charge on any atom is -0.490 e. The minimum absolute atomic E-state index is 0.136. The third kappa shape index (κ3) is 4.07. The Labute approximate surface area is 145 Å². The van der Waals surface area contributed by atoms with E-state index in [0.29, 0.717) is 17.9 Å². The van der Waals surface area contributed by atoms with Crippen molar-refractivity contribution in [3.63, 3.8) is 0 Å². The number of ether oxygens (including phenoxy) is 1. The molecule has 1 aromatic carbocycles. The number of hydrogen-bond acceptors (Lipinski definition) is 3. The summed E-state index contributed by atoms with van der Waals surface area (Å²) in [6, 6.07) is 10.2. The van der Waals surface area contributed by atoms with Crippen molar-refractivity contribution in [3.05, 3.63) is 36.0 Å². The summed E-state index contributed by atoms with van der Waals surface area (Å²) in [5, 5.41) is 10.1. The maximum absolute atomic E-state index is 9.03. The summed E-state index contributed by atoms with van der Waals surface area (Å²) in [5.74, 6) is 1.75. The topological polar surface area (TPSA) is 42.4 Å². The molecule has 130 valence electrons. The van der Waals surface area contributed by atoms with Crippen molar-refractivity contribution in [1.29, 1.82) is 0 Å². The lowest BCUT2D eigenvalue weighted by Gasteiger charge is -2.36. The van der Waals surface area contributed by atoms with Crippen LogP contribution in [0.4, 0.5) is 0 Å². The molecular weight excluding hydrogens is 298 g/mol. The van der Waals surface area contributed by atoms with Crippen LogP contribution in [0.25, 0.3) is 10.9 Å². The van der Waals surface area contributed by atoms with Gasteiger partial charge in [0.15, 0.2) is 0 Å². The lowest BCUT2D eigenvalue weighted by atomic mass is 9.72. The molecule has 0 bridgehead atoms. The van der Waals surface area contributed by atoms with E-state index in [0.717, 1.165) is 41.1 Å². The predicted octanol–water partition coefficient (Wildman–Crippen LogP) is 4.75. The van der Waals surface area contributed by atoms with Crippen LogP contribution in [-0.2, 0) is 6.42 Å². The molecule has 0 amide bonds. The van der Waals surface area contributed by atoms with Crippen LogP contribution in [0.1, 0.15) is 52.1 Å². The summed E-state index contributed by atoms with van der Waals surface area (Å²) in [6.45, 7) is 7.18. The summed E-state index contributed by atoms with van der Waals surface area (Å²) < 4.78 is 6.23.